The normalized spacial score (nSPS) is 10.9. The fourth-order valence-electron chi connectivity index (χ4n) is 3.15. The number of benzene rings is 3. The SMILES string of the molecule is CCOc1cc(/C=C(\C#N)C(=O)Nc2ccc(C)cc2[N+](=O)[O-])ccc1OCc1ccc(Br)cc1. The molecule has 178 valence electrons. The number of nitriles is 1. The summed E-state index contributed by atoms with van der Waals surface area (Å²) in [6, 6.07) is 19.1. The molecule has 0 aliphatic heterocycles. The molecule has 3 rings (SSSR count). The summed E-state index contributed by atoms with van der Waals surface area (Å²) in [5.41, 5.74) is 1.74. The molecule has 0 aromatic heterocycles. The highest BCUT2D eigenvalue weighted by molar-refractivity contribution is 9.10. The number of rotatable bonds is 9. The Morgan fingerprint density at radius 1 is 1.11 bits per heavy atom. The Morgan fingerprint density at radius 2 is 1.86 bits per heavy atom. The van der Waals surface area contributed by atoms with Gasteiger partial charge in [0, 0.05) is 10.5 Å². The maximum Gasteiger partial charge on any atom is 0.293 e. The van der Waals surface area contributed by atoms with Crippen molar-refractivity contribution < 1.29 is 19.2 Å². The molecule has 0 atom stereocenters. The first-order chi connectivity index (χ1) is 16.8. The molecule has 35 heavy (non-hydrogen) atoms. The van der Waals surface area contributed by atoms with Crippen LogP contribution in [0.5, 0.6) is 11.5 Å². The molecular formula is C26H22BrN3O5. The second-order valence-electron chi connectivity index (χ2n) is 7.46. The van der Waals surface area contributed by atoms with E-state index in [1.54, 1.807) is 31.2 Å². The third kappa shape index (κ3) is 6.91. The van der Waals surface area contributed by atoms with E-state index >= 15 is 0 Å². The third-order valence-electron chi connectivity index (χ3n) is 4.85. The van der Waals surface area contributed by atoms with Crippen molar-refractivity contribution in [1.29, 1.82) is 5.26 Å². The topological polar surface area (TPSA) is 114 Å². The van der Waals surface area contributed by atoms with Crippen molar-refractivity contribution >= 4 is 39.3 Å². The standard InChI is InChI=1S/C26H22BrN3O5/c1-3-34-25-14-19(7-11-24(25)35-16-18-5-8-21(27)9-6-18)13-20(15-28)26(31)29-22-10-4-17(2)12-23(22)30(32)33/h4-14H,3,16H2,1-2H3,(H,29,31)/b20-13+. The van der Waals surface area contributed by atoms with E-state index in [-0.39, 0.29) is 16.9 Å². The zero-order valence-electron chi connectivity index (χ0n) is 19.1. The lowest BCUT2D eigenvalue weighted by atomic mass is 10.1. The molecule has 0 radical (unpaired) electrons. The van der Waals surface area contributed by atoms with E-state index in [1.165, 1.54) is 18.2 Å². The number of nitro benzene ring substituents is 1. The first-order valence-corrected chi connectivity index (χ1v) is 11.4. The van der Waals surface area contributed by atoms with E-state index < -0.39 is 10.8 Å². The van der Waals surface area contributed by atoms with Crippen LogP contribution < -0.4 is 14.8 Å². The smallest absolute Gasteiger partial charge is 0.293 e. The second-order valence-corrected chi connectivity index (χ2v) is 8.37. The molecule has 9 heteroatoms. The number of aryl methyl sites for hydroxylation is 1. The van der Waals surface area contributed by atoms with Gasteiger partial charge in [0.15, 0.2) is 11.5 Å². The number of ether oxygens (including phenoxy) is 2. The van der Waals surface area contributed by atoms with Crippen LogP contribution in [0.3, 0.4) is 0 Å². The number of nitrogens with one attached hydrogen (secondary N) is 1. The predicted octanol–water partition coefficient (Wildman–Crippen LogP) is 6.19. The minimum atomic E-state index is -0.757. The van der Waals surface area contributed by atoms with E-state index in [4.69, 9.17) is 9.47 Å². The summed E-state index contributed by atoms with van der Waals surface area (Å²) >= 11 is 3.40. The number of amides is 1. The highest BCUT2D eigenvalue weighted by atomic mass is 79.9. The lowest BCUT2D eigenvalue weighted by Crippen LogP contribution is -2.14. The predicted molar refractivity (Wildman–Crippen MR) is 136 cm³/mol. The Balaban J connectivity index is 1.81. The van der Waals surface area contributed by atoms with E-state index in [1.807, 2.05) is 37.3 Å². The van der Waals surface area contributed by atoms with Crippen LogP contribution in [0.25, 0.3) is 6.08 Å². The van der Waals surface area contributed by atoms with Crippen LogP contribution in [0.2, 0.25) is 0 Å². The highest BCUT2D eigenvalue weighted by Gasteiger charge is 2.18. The van der Waals surface area contributed by atoms with Crippen LogP contribution in [-0.4, -0.2) is 17.4 Å². The molecule has 1 amide bonds. The summed E-state index contributed by atoms with van der Waals surface area (Å²) in [5, 5.41) is 23.3. The van der Waals surface area contributed by atoms with Crippen LogP contribution in [0, 0.1) is 28.4 Å². The van der Waals surface area contributed by atoms with Gasteiger partial charge in [0.05, 0.1) is 11.5 Å². The van der Waals surface area contributed by atoms with Gasteiger partial charge in [-0.25, -0.2) is 0 Å². The number of halogens is 1. The van der Waals surface area contributed by atoms with Crippen molar-refractivity contribution in [3.05, 3.63) is 97.5 Å². The minimum Gasteiger partial charge on any atom is -0.490 e. The van der Waals surface area contributed by atoms with E-state index in [0.29, 0.717) is 35.8 Å². The maximum atomic E-state index is 12.7. The maximum absolute atomic E-state index is 12.7. The molecule has 3 aromatic rings. The Morgan fingerprint density at radius 3 is 2.51 bits per heavy atom. The molecule has 3 aromatic carbocycles. The van der Waals surface area contributed by atoms with Gasteiger partial charge in [0.1, 0.15) is 23.9 Å². The van der Waals surface area contributed by atoms with Crippen LogP contribution in [-0.2, 0) is 11.4 Å². The zero-order valence-corrected chi connectivity index (χ0v) is 20.7. The van der Waals surface area contributed by atoms with Gasteiger partial charge in [-0.15, -0.1) is 0 Å². The molecule has 0 saturated heterocycles. The molecule has 0 saturated carbocycles. The number of nitro groups is 1. The average Bonchev–Trinajstić information content (AvgIpc) is 2.84. The Hall–Kier alpha value is -4.16. The highest BCUT2D eigenvalue weighted by Crippen LogP contribution is 2.31. The third-order valence-corrected chi connectivity index (χ3v) is 5.38. The summed E-state index contributed by atoms with van der Waals surface area (Å²) in [7, 11) is 0. The summed E-state index contributed by atoms with van der Waals surface area (Å²) in [5.74, 6) is 0.225. The fourth-order valence-corrected chi connectivity index (χ4v) is 3.41. The van der Waals surface area contributed by atoms with Crippen molar-refractivity contribution in [3.8, 4) is 17.6 Å². The summed E-state index contributed by atoms with van der Waals surface area (Å²) in [4.78, 5) is 23.4. The number of anilines is 1. The van der Waals surface area contributed by atoms with E-state index in [9.17, 15) is 20.2 Å². The van der Waals surface area contributed by atoms with Gasteiger partial charge in [0.2, 0.25) is 0 Å². The molecule has 0 spiro atoms. The van der Waals surface area contributed by atoms with Crippen LogP contribution in [0.4, 0.5) is 11.4 Å². The average molecular weight is 536 g/mol. The van der Waals surface area contributed by atoms with E-state index in [2.05, 4.69) is 21.2 Å². The Bertz CT molecular complexity index is 1310. The summed E-state index contributed by atoms with van der Waals surface area (Å²) < 4.78 is 12.6. The Kier molecular flexibility index (Phi) is 8.59. The first-order valence-electron chi connectivity index (χ1n) is 10.6. The number of carbonyl (C=O) groups excluding carboxylic acids is 1. The molecule has 0 aliphatic carbocycles. The lowest BCUT2D eigenvalue weighted by Gasteiger charge is -2.13. The van der Waals surface area contributed by atoms with Gasteiger partial charge in [-0.1, -0.05) is 40.2 Å². The van der Waals surface area contributed by atoms with Gasteiger partial charge in [0.25, 0.3) is 11.6 Å². The molecule has 0 aliphatic rings. The molecule has 0 bridgehead atoms. The lowest BCUT2D eigenvalue weighted by molar-refractivity contribution is -0.384. The van der Waals surface area contributed by atoms with Gasteiger partial charge in [-0.05, 0) is 66.9 Å². The molecule has 0 fully saturated rings. The van der Waals surface area contributed by atoms with Gasteiger partial charge >= 0.3 is 0 Å². The molecule has 1 N–H and O–H groups in total. The largest absolute Gasteiger partial charge is 0.490 e. The first kappa shape index (κ1) is 25.5. The number of nitrogens with zero attached hydrogens (tertiary/aromatic N) is 2. The van der Waals surface area contributed by atoms with Gasteiger partial charge in [-0.3, -0.25) is 14.9 Å². The van der Waals surface area contributed by atoms with Crippen molar-refractivity contribution in [2.75, 3.05) is 11.9 Å². The number of hydrogen-bond acceptors (Lipinski definition) is 6. The minimum absolute atomic E-state index is 0.0124. The molecule has 0 heterocycles. The van der Waals surface area contributed by atoms with Crippen molar-refractivity contribution in [2.24, 2.45) is 0 Å². The van der Waals surface area contributed by atoms with Crippen molar-refractivity contribution in [3.63, 3.8) is 0 Å². The summed E-state index contributed by atoms with van der Waals surface area (Å²) in [6.45, 7) is 4.28. The van der Waals surface area contributed by atoms with Gasteiger partial charge < -0.3 is 14.8 Å². The Labute approximate surface area is 211 Å². The quantitative estimate of drug-likeness (QED) is 0.151. The van der Waals surface area contributed by atoms with Crippen LogP contribution >= 0.6 is 15.9 Å². The zero-order chi connectivity index (χ0) is 25.4. The molecule has 8 nitrogen and oxygen atoms in total. The summed E-state index contributed by atoms with van der Waals surface area (Å²) in [6.07, 6.45) is 1.39. The molecule has 0 unspecified atom stereocenters. The van der Waals surface area contributed by atoms with Crippen molar-refractivity contribution in [1.82, 2.24) is 0 Å². The van der Waals surface area contributed by atoms with E-state index in [0.717, 1.165) is 10.0 Å². The second kappa shape index (κ2) is 11.8. The van der Waals surface area contributed by atoms with Crippen LogP contribution in [0.15, 0.2) is 70.7 Å². The van der Waals surface area contributed by atoms with Crippen LogP contribution in [0.1, 0.15) is 23.6 Å². The van der Waals surface area contributed by atoms with Gasteiger partial charge in [-0.2, -0.15) is 5.26 Å². The molecular weight excluding hydrogens is 514 g/mol. The fraction of sp³-hybridized carbons (Fsp3) is 0.154. The number of hydrogen-bond donors (Lipinski definition) is 1. The monoisotopic (exact) mass is 535 g/mol. The van der Waals surface area contributed by atoms with Crippen molar-refractivity contribution in [2.45, 2.75) is 20.5 Å². The number of carbonyl (C=O) groups is 1.